The van der Waals surface area contributed by atoms with Crippen molar-refractivity contribution in [2.45, 2.75) is 38.6 Å². The molecule has 2 heterocycles. The van der Waals surface area contributed by atoms with Crippen LogP contribution in [0.25, 0.3) is 0 Å². The summed E-state index contributed by atoms with van der Waals surface area (Å²) in [5.74, 6) is 1.03. The summed E-state index contributed by atoms with van der Waals surface area (Å²) in [6.07, 6.45) is 4.66. The molecule has 2 aromatic rings. The average molecular weight is 258 g/mol. The van der Waals surface area contributed by atoms with E-state index in [2.05, 4.69) is 41.2 Å². The van der Waals surface area contributed by atoms with Gasteiger partial charge in [0.05, 0.1) is 0 Å². The maximum absolute atomic E-state index is 4.71. The first-order valence-electron chi connectivity index (χ1n) is 6.57. The van der Waals surface area contributed by atoms with Gasteiger partial charge in [-0.2, -0.15) is 11.3 Å². The number of rotatable bonds is 4. The van der Waals surface area contributed by atoms with E-state index in [0.717, 1.165) is 18.7 Å². The van der Waals surface area contributed by atoms with Gasteiger partial charge >= 0.3 is 0 Å². The van der Waals surface area contributed by atoms with Crippen LogP contribution in [-0.4, -0.2) is 11.0 Å². The van der Waals surface area contributed by atoms with Crippen LogP contribution in [0.1, 0.15) is 30.2 Å². The van der Waals surface area contributed by atoms with Crippen LogP contribution >= 0.6 is 11.3 Å². The van der Waals surface area contributed by atoms with Gasteiger partial charge in [0.25, 0.3) is 0 Å². The topological polar surface area (TPSA) is 24.9 Å². The summed E-state index contributed by atoms with van der Waals surface area (Å²) in [7, 11) is 0. The van der Waals surface area contributed by atoms with E-state index in [1.54, 1.807) is 11.3 Å². The van der Waals surface area contributed by atoms with Crippen molar-refractivity contribution in [3.63, 3.8) is 0 Å². The van der Waals surface area contributed by atoms with E-state index in [1.165, 1.54) is 29.7 Å². The number of fused-ring (bicyclic) bond motifs is 1. The maximum Gasteiger partial charge on any atom is 0.126 e. The minimum atomic E-state index is 0.423. The van der Waals surface area contributed by atoms with Crippen LogP contribution in [-0.2, 0) is 19.3 Å². The Balaban J connectivity index is 1.65. The zero-order valence-electron chi connectivity index (χ0n) is 10.6. The highest BCUT2D eigenvalue weighted by Crippen LogP contribution is 2.22. The van der Waals surface area contributed by atoms with Crippen molar-refractivity contribution in [1.82, 2.24) is 4.98 Å². The maximum atomic E-state index is 4.71. The lowest BCUT2D eigenvalue weighted by Crippen LogP contribution is -2.18. The molecular formula is C15H18N2S. The van der Waals surface area contributed by atoms with E-state index in [9.17, 15) is 0 Å². The molecule has 0 fully saturated rings. The van der Waals surface area contributed by atoms with Gasteiger partial charge in [0.15, 0.2) is 0 Å². The van der Waals surface area contributed by atoms with Gasteiger partial charge in [0, 0.05) is 11.7 Å². The zero-order chi connectivity index (χ0) is 12.4. The Hall–Kier alpha value is -1.35. The number of aryl methyl sites for hydroxylation is 2. The number of hydrogen-bond donors (Lipinski definition) is 1. The molecular weight excluding hydrogens is 240 g/mol. The average Bonchev–Trinajstić information content (AvgIpc) is 2.98. The van der Waals surface area contributed by atoms with Gasteiger partial charge in [-0.1, -0.05) is 6.07 Å². The summed E-state index contributed by atoms with van der Waals surface area (Å²) < 4.78 is 0. The van der Waals surface area contributed by atoms with Gasteiger partial charge in [0.1, 0.15) is 5.82 Å². The van der Waals surface area contributed by atoms with Crippen LogP contribution in [0.4, 0.5) is 5.82 Å². The van der Waals surface area contributed by atoms with Crippen LogP contribution in [0.5, 0.6) is 0 Å². The molecule has 0 saturated carbocycles. The second kappa shape index (κ2) is 5.11. The molecule has 1 N–H and O–H groups in total. The Kier molecular flexibility index (Phi) is 3.33. The number of thiophene rings is 1. The molecule has 0 radical (unpaired) electrons. The molecule has 3 heteroatoms. The van der Waals surface area contributed by atoms with Gasteiger partial charge < -0.3 is 5.32 Å². The lowest BCUT2D eigenvalue weighted by Gasteiger charge is -2.14. The van der Waals surface area contributed by atoms with Crippen molar-refractivity contribution in [3.05, 3.63) is 45.8 Å². The molecule has 18 heavy (non-hydrogen) atoms. The Morgan fingerprint density at radius 1 is 1.33 bits per heavy atom. The predicted octanol–water partition coefficient (Wildman–Crippen LogP) is 3.67. The number of anilines is 1. The van der Waals surface area contributed by atoms with Crippen LogP contribution in [0.3, 0.4) is 0 Å². The number of nitrogens with one attached hydrogen (secondary N) is 1. The van der Waals surface area contributed by atoms with Gasteiger partial charge in [0.2, 0.25) is 0 Å². The fourth-order valence-corrected chi connectivity index (χ4v) is 3.25. The minimum Gasteiger partial charge on any atom is -0.367 e. The number of pyridine rings is 1. The van der Waals surface area contributed by atoms with Gasteiger partial charge in [-0.3, -0.25) is 0 Å². The Bertz CT molecular complexity index is 519. The fourth-order valence-electron chi connectivity index (χ4n) is 2.57. The molecule has 1 unspecified atom stereocenters. The largest absolute Gasteiger partial charge is 0.367 e. The number of aromatic nitrogens is 1. The van der Waals surface area contributed by atoms with Crippen molar-refractivity contribution in [2.24, 2.45) is 0 Å². The third-order valence-electron chi connectivity index (χ3n) is 3.44. The van der Waals surface area contributed by atoms with E-state index in [4.69, 9.17) is 4.98 Å². The summed E-state index contributed by atoms with van der Waals surface area (Å²) >= 11 is 1.76. The van der Waals surface area contributed by atoms with E-state index in [0.29, 0.717) is 6.04 Å². The van der Waals surface area contributed by atoms with Gasteiger partial charge in [-0.25, -0.2) is 4.98 Å². The summed E-state index contributed by atoms with van der Waals surface area (Å²) in [6.45, 7) is 2.21. The van der Waals surface area contributed by atoms with E-state index < -0.39 is 0 Å². The quantitative estimate of drug-likeness (QED) is 0.905. The number of nitrogens with zero attached hydrogens (tertiary/aromatic N) is 1. The normalized spacial score (nSPS) is 15.4. The van der Waals surface area contributed by atoms with Gasteiger partial charge in [-0.05, 0) is 66.6 Å². The highest BCUT2D eigenvalue weighted by atomic mass is 32.1. The summed E-state index contributed by atoms with van der Waals surface area (Å²) in [4.78, 5) is 4.71. The predicted molar refractivity (Wildman–Crippen MR) is 77.4 cm³/mol. The molecule has 1 aliphatic rings. The number of hydrogen-bond acceptors (Lipinski definition) is 3. The first kappa shape index (κ1) is 11.7. The molecule has 0 aliphatic heterocycles. The first-order chi connectivity index (χ1) is 8.81. The van der Waals surface area contributed by atoms with E-state index >= 15 is 0 Å². The second-order valence-electron chi connectivity index (χ2n) is 5.04. The van der Waals surface area contributed by atoms with Gasteiger partial charge in [-0.15, -0.1) is 0 Å². The van der Waals surface area contributed by atoms with Crippen molar-refractivity contribution < 1.29 is 0 Å². The zero-order valence-corrected chi connectivity index (χ0v) is 11.5. The van der Waals surface area contributed by atoms with Crippen LogP contribution < -0.4 is 5.32 Å². The molecule has 1 atom stereocenters. The fraction of sp³-hybridized carbons (Fsp3) is 0.400. The Labute approximate surface area is 112 Å². The highest BCUT2D eigenvalue weighted by Gasteiger charge is 2.13. The molecule has 0 spiro atoms. The molecule has 3 rings (SSSR count). The van der Waals surface area contributed by atoms with Crippen LogP contribution in [0.2, 0.25) is 0 Å². The first-order valence-corrected chi connectivity index (χ1v) is 7.52. The highest BCUT2D eigenvalue weighted by molar-refractivity contribution is 7.07. The third kappa shape index (κ3) is 2.56. The van der Waals surface area contributed by atoms with Crippen molar-refractivity contribution in [2.75, 3.05) is 5.32 Å². The molecule has 0 amide bonds. The minimum absolute atomic E-state index is 0.423. The van der Waals surface area contributed by atoms with Crippen molar-refractivity contribution in [3.8, 4) is 0 Å². The summed E-state index contributed by atoms with van der Waals surface area (Å²) in [6, 6.07) is 6.97. The van der Waals surface area contributed by atoms with Crippen molar-refractivity contribution in [1.29, 1.82) is 0 Å². The molecule has 1 aliphatic carbocycles. The van der Waals surface area contributed by atoms with Crippen molar-refractivity contribution >= 4 is 17.2 Å². The summed E-state index contributed by atoms with van der Waals surface area (Å²) in [5.41, 5.74) is 4.13. The summed E-state index contributed by atoms with van der Waals surface area (Å²) in [5, 5.41) is 7.85. The molecule has 2 nitrogen and oxygen atoms in total. The lowest BCUT2D eigenvalue weighted by molar-refractivity contribution is 0.785. The van der Waals surface area contributed by atoms with E-state index in [1.807, 2.05) is 0 Å². The molecule has 0 saturated heterocycles. The standard InChI is InChI=1S/C15H18N2S/c1-11(9-12-7-8-18-10-12)16-15-6-5-13-3-2-4-14(13)17-15/h5-8,10-11H,2-4,9H2,1H3,(H,16,17). The lowest BCUT2D eigenvalue weighted by atomic mass is 10.1. The Morgan fingerprint density at radius 2 is 2.28 bits per heavy atom. The molecule has 94 valence electrons. The Morgan fingerprint density at radius 3 is 3.11 bits per heavy atom. The van der Waals surface area contributed by atoms with Crippen LogP contribution in [0, 0.1) is 0 Å². The molecule has 0 bridgehead atoms. The van der Waals surface area contributed by atoms with Crippen LogP contribution in [0.15, 0.2) is 29.0 Å². The monoisotopic (exact) mass is 258 g/mol. The third-order valence-corrected chi connectivity index (χ3v) is 4.18. The molecule has 2 aromatic heterocycles. The van der Waals surface area contributed by atoms with E-state index in [-0.39, 0.29) is 0 Å². The second-order valence-corrected chi connectivity index (χ2v) is 5.82. The smallest absolute Gasteiger partial charge is 0.126 e. The molecule has 0 aromatic carbocycles. The SMILES string of the molecule is CC(Cc1ccsc1)Nc1ccc2c(n1)CCC2.